The molecule has 6 nitrogen and oxygen atoms in total. The number of carbonyl (C=O) groups excluding carboxylic acids is 1. The van der Waals surface area contributed by atoms with E-state index in [1.807, 2.05) is 6.92 Å². The van der Waals surface area contributed by atoms with E-state index in [2.05, 4.69) is 12.2 Å². The fraction of sp³-hybridized carbons (Fsp3) is 0.933. The number of nitrogens with zero attached hydrogens (tertiary/aromatic N) is 1. The molecule has 0 bridgehead atoms. The van der Waals surface area contributed by atoms with Gasteiger partial charge in [0.05, 0.1) is 18.8 Å². The first-order valence-electron chi connectivity index (χ1n) is 8.08. The molecular weight excluding hydrogens is 272 g/mol. The second-order valence-corrected chi connectivity index (χ2v) is 5.77. The number of likely N-dealkylation sites (tertiary alicyclic amines) is 1. The van der Waals surface area contributed by atoms with E-state index in [4.69, 9.17) is 0 Å². The van der Waals surface area contributed by atoms with Crippen LogP contribution in [-0.4, -0.2) is 70.1 Å². The molecule has 0 aromatic rings. The molecule has 1 amide bonds. The smallest absolute Gasteiger partial charge is 0.240 e. The highest BCUT2D eigenvalue weighted by Crippen LogP contribution is 2.26. The van der Waals surface area contributed by atoms with Crippen molar-refractivity contribution in [1.82, 2.24) is 10.2 Å². The molecule has 1 aliphatic heterocycles. The van der Waals surface area contributed by atoms with Gasteiger partial charge in [-0.15, -0.1) is 0 Å². The summed E-state index contributed by atoms with van der Waals surface area (Å²) in [5.41, 5.74) is 0. The lowest BCUT2D eigenvalue weighted by Crippen LogP contribution is -2.50. The molecule has 0 aliphatic carbocycles. The van der Waals surface area contributed by atoms with Crippen molar-refractivity contribution >= 4 is 5.91 Å². The molecular formula is C15H30N2O4. The molecule has 0 unspecified atom stereocenters. The Hall–Kier alpha value is -0.690. The molecule has 0 spiro atoms. The number of rotatable bonds is 9. The summed E-state index contributed by atoms with van der Waals surface area (Å²) in [6, 6.07) is -1.34. The summed E-state index contributed by atoms with van der Waals surface area (Å²) in [6.07, 6.45) is 2.61. The van der Waals surface area contributed by atoms with E-state index in [1.54, 1.807) is 4.90 Å². The average Bonchev–Trinajstić information content (AvgIpc) is 2.72. The van der Waals surface area contributed by atoms with Crippen LogP contribution in [0.4, 0.5) is 0 Å². The van der Waals surface area contributed by atoms with Crippen LogP contribution >= 0.6 is 0 Å². The second-order valence-electron chi connectivity index (χ2n) is 5.77. The highest BCUT2D eigenvalue weighted by molar-refractivity contribution is 5.83. The largest absolute Gasteiger partial charge is 0.395 e. The van der Waals surface area contributed by atoms with E-state index < -0.39 is 24.3 Å². The minimum Gasteiger partial charge on any atom is -0.395 e. The standard InChI is InChI=1S/C15H30N2O4/c1-3-5-7-8-16-15(21)12-14(20)13(19)11(10-18)17(12)9-6-4-2/h11-14,18-20H,3-10H2,1-2H3,(H,16,21)/t11-,12-,13+,14-/m1/s1. The van der Waals surface area contributed by atoms with E-state index in [0.29, 0.717) is 13.1 Å². The van der Waals surface area contributed by atoms with Gasteiger partial charge < -0.3 is 20.6 Å². The van der Waals surface area contributed by atoms with Gasteiger partial charge in [-0.3, -0.25) is 9.69 Å². The molecule has 4 N–H and O–H groups in total. The first kappa shape index (κ1) is 18.4. The zero-order valence-corrected chi connectivity index (χ0v) is 13.2. The zero-order valence-electron chi connectivity index (χ0n) is 13.2. The van der Waals surface area contributed by atoms with Crippen LogP contribution in [0.15, 0.2) is 0 Å². The van der Waals surface area contributed by atoms with Gasteiger partial charge in [-0.2, -0.15) is 0 Å². The van der Waals surface area contributed by atoms with Crippen molar-refractivity contribution in [3.05, 3.63) is 0 Å². The van der Waals surface area contributed by atoms with Crippen molar-refractivity contribution in [2.75, 3.05) is 19.7 Å². The number of nitrogens with one attached hydrogen (secondary N) is 1. The summed E-state index contributed by atoms with van der Waals surface area (Å²) in [4.78, 5) is 14.0. The predicted molar refractivity (Wildman–Crippen MR) is 80.8 cm³/mol. The normalized spacial score (nSPS) is 29.8. The van der Waals surface area contributed by atoms with E-state index in [-0.39, 0.29) is 12.5 Å². The second kappa shape index (κ2) is 9.35. The van der Waals surface area contributed by atoms with Crippen molar-refractivity contribution in [2.24, 2.45) is 0 Å². The maximum atomic E-state index is 12.3. The van der Waals surface area contributed by atoms with Gasteiger partial charge in [0.1, 0.15) is 12.1 Å². The van der Waals surface area contributed by atoms with Gasteiger partial charge in [-0.1, -0.05) is 33.1 Å². The molecule has 0 saturated carbocycles. The summed E-state index contributed by atoms with van der Waals surface area (Å²) >= 11 is 0. The minimum absolute atomic E-state index is 0.260. The van der Waals surface area contributed by atoms with Gasteiger partial charge in [0, 0.05) is 6.54 Å². The lowest BCUT2D eigenvalue weighted by Gasteiger charge is -2.28. The molecule has 0 radical (unpaired) electrons. The topological polar surface area (TPSA) is 93.0 Å². The lowest BCUT2D eigenvalue weighted by atomic mass is 10.1. The SMILES string of the molecule is CCCCCNC(=O)[C@H]1[C@@H](O)[C@@H](O)[C@@H](CO)N1CCCC. The minimum atomic E-state index is -1.15. The molecule has 0 aromatic carbocycles. The quantitative estimate of drug-likeness (QED) is 0.445. The van der Waals surface area contributed by atoms with Gasteiger partial charge in [-0.05, 0) is 19.4 Å². The van der Waals surface area contributed by atoms with E-state index >= 15 is 0 Å². The Labute approximate surface area is 127 Å². The maximum Gasteiger partial charge on any atom is 0.240 e. The maximum absolute atomic E-state index is 12.3. The molecule has 1 rings (SSSR count). The monoisotopic (exact) mass is 302 g/mol. The molecule has 1 heterocycles. The number of unbranched alkanes of at least 4 members (excludes halogenated alkanes) is 3. The van der Waals surface area contributed by atoms with Crippen LogP contribution in [0.25, 0.3) is 0 Å². The molecule has 21 heavy (non-hydrogen) atoms. The predicted octanol–water partition coefficient (Wildman–Crippen LogP) is -0.140. The van der Waals surface area contributed by atoms with Gasteiger partial charge >= 0.3 is 0 Å². The Morgan fingerprint density at radius 3 is 2.33 bits per heavy atom. The van der Waals surface area contributed by atoms with Crippen LogP contribution in [0.1, 0.15) is 46.0 Å². The van der Waals surface area contributed by atoms with Crippen LogP contribution in [0.5, 0.6) is 0 Å². The summed E-state index contributed by atoms with van der Waals surface area (Å²) in [7, 11) is 0. The van der Waals surface area contributed by atoms with Crippen LogP contribution in [0.2, 0.25) is 0 Å². The third-order valence-electron chi connectivity index (χ3n) is 4.16. The Kier molecular flexibility index (Phi) is 8.18. The summed E-state index contributed by atoms with van der Waals surface area (Å²) in [5.74, 6) is -0.260. The number of hydrogen-bond acceptors (Lipinski definition) is 5. The van der Waals surface area contributed by atoms with E-state index in [9.17, 15) is 20.1 Å². The number of hydrogen-bond donors (Lipinski definition) is 4. The molecule has 1 saturated heterocycles. The highest BCUT2D eigenvalue weighted by Gasteiger charge is 2.50. The number of aliphatic hydroxyl groups excluding tert-OH is 3. The molecule has 0 aromatic heterocycles. The van der Waals surface area contributed by atoms with Gasteiger partial charge in [0.15, 0.2) is 0 Å². The van der Waals surface area contributed by atoms with Crippen LogP contribution in [0.3, 0.4) is 0 Å². The van der Waals surface area contributed by atoms with Crippen molar-refractivity contribution in [1.29, 1.82) is 0 Å². The van der Waals surface area contributed by atoms with Crippen molar-refractivity contribution in [3.8, 4) is 0 Å². The zero-order chi connectivity index (χ0) is 15.8. The number of amides is 1. The third kappa shape index (κ3) is 4.64. The van der Waals surface area contributed by atoms with Crippen LogP contribution in [0, 0.1) is 0 Å². The van der Waals surface area contributed by atoms with Gasteiger partial charge in [0.2, 0.25) is 5.91 Å². The van der Waals surface area contributed by atoms with Crippen molar-refractivity contribution in [3.63, 3.8) is 0 Å². The fourth-order valence-corrected chi connectivity index (χ4v) is 2.87. The third-order valence-corrected chi connectivity index (χ3v) is 4.16. The fourth-order valence-electron chi connectivity index (χ4n) is 2.87. The average molecular weight is 302 g/mol. The lowest BCUT2D eigenvalue weighted by molar-refractivity contribution is -0.129. The summed E-state index contributed by atoms with van der Waals surface area (Å²) in [5, 5.41) is 32.4. The Bertz CT molecular complexity index is 314. The first-order valence-corrected chi connectivity index (χ1v) is 8.08. The van der Waals surface area contributed by atoms with Crippen molar-refractivity contribution in [2.45, 2.75) is 70.2 Å². The summed E-state index contributed by atoms with van der Waals surface area (Å²) in [6.45, 7) is 5.04. The van der Waals surface area contributed by atoms with E-state index in [0.717, 1.165) is 32.1 Å². The molecule has 6 heteroatoms. The first-order chi connectivity index (χ1) is 10.1. The Balaban J connectivity index is 2.67. The Morgan fingerprint density at radius 1 is 1.10 bits per heavy atom. The number of carbonyl (C=O) groups is 1. The van der Waals surface area contributed by atoms with Crippen LogP contribution < -0.4 is 5.32 Å². The van der Waals surface area contributed by atoms with Crippen molar-refractivity contribution < 1.29 is 20.1 Å². The molecule has 1 fully saturated rings. The van der Waals surface area contributed by atoms with Crippen LogP contribution in [-0.2, 0) is 4.79 Å². The number of aliphatic hydroxyl groups is 3. The van der Waals surface area contributed by atoms with Gasteiger partial charge in [-0.25, -0.2) is 0 Å². The Morgan fingerprint density at radius 2 is 1.76 bits per heavy atom. The van der Waals surface area contributed by atoms with Gasteiger partial charge in [0.25, 0.3) is 0 Å². The molecule has 124 valence electrons. The highest BCUT2D eigenvalue weighted by atomic mass is 16.3. The molecule has 1 aliphatic rings. The summed E-state index contributed by atoms with van der Waals surface area (Å²) < 4.78 is 0. The van der Waals surface area contributed by atoms with E-state index in [1.165, 1.54) is 0 Å². The molecule has 4 atom stereocenters.